The molecule has 1 fully saturated rings. The minimum absolute atomic E-state index is 0.0971. The van der Waals surface area contributed by atoms with Crippen molar-refractivity contribution in [2.45, 2.75) is 59.4 Å². The van der Waals surface area contributed by atoms with Gasteiger partial charge in [-0.1, -0.05) is 33.6 Å². The van der Waals surface area contributed by atoms with Crippen molar-refractivity contribution in [3.05, 3.63) is 29.4 Å². The van der Waals surface area contributed by atoms with Crippen LogP contribution in [0.4, 0.5) is 0 Å². The maximum Gasteiger partial charge on any atom is 0.270 e. The molecule has 2 atom stereocenters. The summed E-state index contributed by atoms with van der Waals surface area (Å²) < 4.78 is 0.752. The van der Waals surface area contributed by atoms with Gasteiger partial charge in [-0.15, -0.1) is 0 Å². The van der Waals surface area contributed by atoms with Crippen LogP contribution in [0.3, 0.4) is 0 Å². The van der Waals surface area contributed by atoms with Crippen molar-refractivity contribution >= 4 is 18.2 Å². The number of nitrogens with zero attached hydrogens (tertiary/aromatic N) is 4. The molecule has 9 heteroatoms. The van der Waals surface area contributed by atoms with Crippen LogP contribution < -0.4 is 5.49 Å². The lowest BCUT2D eigenvalue weighted by atomic mass is 10.1. The molecule has 0 saturated carbocycles. The van der Waals surface area contributed by atoms with E-state index in [-0.39, 0.29) is 24.3 Å². The quantitative estimate of drug-likeness (QED) is 0.322. The summed E-state index contributed by atoms with van der Waals surface area (Å²) in [6.07, 6.45) is 5.39. The van der Waals surface area contributed by atoms with E-state index in [4.69, 9.17) is 0 Å². The fraction of sp³-hybridized carbons (Fsp3) is 0.600. The molecule has 0 aromatic carbocycles. The average molecular weight is 408 g/mol. The van der Waals surface area contributed by atoms with Gasteiger partial charge in [-0.2, -0.15) is 9.72 Å². The normalized spacial score (nSPS) is 17.3. The minimum Gasteiger partial charge on any atom is -0.427 e. The number of hydroxylamine groups is 2. The number of aryl methyl sites for hydroxylation is 1. The number of aromatic nitrogens is 1. The Morgan fingerprint density at radius 1 is 1.38 bits per heavy atom. The predicted molar refractivity (Wildman–Crippen MR) is 106 cm³/mol. The summed E-state index contributed by atoms with van der Waals surface area (Å²) in [5.41, 5.74) is 0.932. The van der Waals surface area contributed by atoms with E-state index in [0.29, 0.717) is 24.4 Å². The minimum atomic E-state index is -0.709. The molecule has 1 aromatic heterocycles. The molecule has 0 aliphatic carbocycles. The number of pyridine rings is 1. The highest BCUT2D eigenvalue weighted by Crippen LogP contribution is 2.21. The Morgan fingerprint density at radius 2 is 2.03 bits per heavy atom. The van der Waals surface area contributed by atoms with Crippen molar-refractivity contribution in [1.29, 1.82) is 0 Å². The smallest absolute Gasteiger partial charge is 0.270 e. The maximum atomic E-state index is 12.5. The van der Waals surface area contributed by atoms with Crippen LogP contribution >= 0.6 is 0 Å². The molecule has 162 valence electrons. The van der Waals surface area contributed by atoms with Gasteiger partial charge >= 0.3 is 0 Å². The summed E-state index contributed by atoms with van der Waals surface area (Å²) >= 11 is 0. The van der Waals surface area contributed by atoms with Gasteiger partial charge in [0.2, 0.25) is 12.3 Å². The SMILES string of the molecule is CCCC.Cc1ccn(O)c(=NC(=O)[C@@H]2CCCN2C(=O)[C@H](C)CN(O)C=O)c1. The average Bonchev–Trinajstić information content (AvgIpc) is 3.20. The molecule has 29 heavy (non-hydrogen) atoms. The molecular formula is C20H32N4O5. The second-order valence-electron chi connectivity index (χ2n) is 7.18. The first-order valence-corrected chi connectivity index (χ1v) is 9.93. The van der Waals surface area contributed by atoms with Crippen molar-refractivity contribution in [3.63, 3.8) is 0 Å². The Balaban J connectivity index is 0.000000960. The Morgan fingerprint density at radius 3 is 2.62 bits per heavy atom. The molecule has 1 aliphatic rings. The molecule has 3 amide bonds. The van der Waals surface area contributed by atoms with E-state index >= 15 is 0 Å². The standard InChI is InChI=1S/C16H22N4O5.C4H10/c1-11-5-7-20(25)14(8-11)17-15(22)13-4-3-6-19(13)16(23)12(2)9-18(24)10-21;1-3-4-2/h5,7-8,10,12-13,24-25H,3-4,6,9H2,1-2H3;3-4H2,1-2H3/t12-,13+;/m1./s1. The van der Waals surface area contributed by atoms with Crippen molar-refractivity contribution in [2.75, 3.05) is 13.1 Å². The van der Waals surface area contributed by atoms with E-state index in [1.165, 1.54) is 23.9 Å². The lowest BCUT2D eigenvalue weighted by Gasteiger charge is -2.26. The summed E-state index contributed by atoms with van der Waals surface area (Å²) in [5, 5.41) is 19.4. The van der Waals surface area contributed by atoms with Gasteiger partial charge in [-0.25, -0.2) is 5.06 Å². The van der Waals surface area contributed by atoms with E-state index in [1.54, 1.807) is 19.1 Å². The third-order valence-corrected chi connectivity index (χ3v) is 4.62. The first kappa shape index (κ1) is 24.4. The first-order valence-electron chi connectivity index (χ1n) is 9.93. The van der Waals surface area contributed by atoms with Gasteiger partial charge in [0.1, 0.15) is 6.04 Å². The molecule has 0 radical (unpaired) electrons. The van der Waals surface area contributed by atoms with Crippen LogP contribution in [0.1, 0.15) is 52.0 Å². The van der Waals surface area contributed by atoms with Gasteiger partial charge in [0.05, 0.1) is 12.5 Å². The molecule has 0 spiro atoms. The molecule has 0 bridgehead atoms. The predicted octanol–water partition coefficient (Wildman–Crippen LogP) is 1.74. The highest BCUT2D eigenvalue weighted by Gasteiger charge is 2.36. The van der Waals surface area contributed by atoms with Crippen molar-refractivity contribution in [1.82, 2.24) is 14.7 Å². The summed E-state index contributed by atoms with van der Waals surface area (Å²) in [4.78, 5) is 40.8. The van der Waals surface area contributed by atoms with Crippen molar-refractivity contribution < 1.29 is 24.8 Å². The highest BCUT2D eigenvalue weighted by atomic mass is 16.5. The highest BCUT2D eigenvalue weighted by molar-refractivity contribution is 5.89. The van der Waals surface area contributed by atoms with E-state index in [1.807, 2.05) is 6.92 Å². The number of hydrogen-bond acceptors (Lipinski definition) is 5. The van der Waals surface area contributed by atoms with Gasteiger partial charge in [0.15, 0.2) is 5.49 Å². The maximum absolute atomic E-state index is 12.5. The molecule has 1 aliphatic heterocycles. The fourth-order valence-electron chi connectivity index (χ4n) is 2.83. The summed E-state index contributed by atoms with van der Waals surface area (Å²) in [6.45, 7) is 8.01. The number of carbonyl (C=O) groups excluding carboxylic acids is 3. The number of rotatable bonds is 6. The van der Waals surface area contributed by atoms with Crippen molar-refractivity contribution in [2.24, 2.45) is 10.9 Å². The third-order valence-electron chi connectivity index (χ3n) is 4.62. The second kappa shape index (κ2) is 12.0. The zero-order chi connectivity index (χ0) is 22.0. The lowest BCUT2D eigenvalue weighted by molar-refractivity contribution is -0.156. The largest absolute Gasteiger partial charge is 0.427 e. The third kappa shape index (κ3) is 7.34. The molecule has 0 unspecified atom stereocenters. The van der Waals surface area contributed by atoms with Gasteiger partial charge < -0.3 is 10.1 Å². The van der Waals surface area contributed by atoms with Crippen LogP contribution in [0.15, 0.2) is 23.3 Å². The van der Waals surface area contributed by atoms with Gasteiger partial charge in [-0.05, 0) is 37.5 Å². The van der Waals surface area contributed by atoms with Crippen LogP contribution in [0.25, 0.3) is 0 Å². The molecule has 9 nitrogen and oxygen atoms in total. The molecule has 2 heterocycles. The number of hydrogen-bond donors (Lipinski definition) is 2. The zero-order valence-electron chi connectivity index (χ0n) is 17.6. The monoisotopic (exact) mass is 408 g/mol. The van der Waals surface area contributed by atoms with Crippen molar-refractivity contribution in [3.8, 4) is 0 Å². The Kier molecular flexibility index (Phi) is 10.1. The van der Waals surface area contributed by atoms with Crippen LogP contribution in [-0.2, 0) is 14.4 Å². The van der Waals surface area contributed by atoms with E-state index in [9.17, 15) is 24.8 Å². The van der Waals surface area contributed by atoms with Gasteiger partial charge in [-0.3, -0.25) is 19.6 Å². The summed E-state index contributed by atoms with van der Waals surface area (Å²) in [7, 11) is 0. The molecule has 1 saturated heterocycles. The van der Waals surface area contributed by atoms with Crippen LogP contribution in [-0.4, -0.2) is 62.5 Å². The Labute approximate surface area is 171 Å². The second-order valence-corrected chi connectivity index (χ2v) is 7.18. The molecule has 1 aromatic rings. The zero-order valence-corrected chi connectivity index (χ0v) is 17.6. The van der Waals surface area contributed by atoms with E-state index in [2.05, 4.69) is 18.8 Å². The van der Waals surface area contributed by atoms with Crippen LogP contribution in [0.2, 0.25) is 0 Å². The molecule has 2 N–H and O–H groups in total. The van der Waals surface area contributed by atoms with Gasteiger partial charge in [0.25, 0.3) is 5.91 Å². The number of unbranched alkanes of at least 4 members (excludes halogenated alkanes) is 1. The summed E-state index contributed by atoms with van der Waals surface area (Å²) in [5.74, 6) is -1.49. The Bertz CT molecular complexity index is 759. The fourth-order valence-corrected chi connectivity index (χ4v) is 2.83. The van der Waals surface area contributed by atoms with Crippen LogP contribution in [0, 0.1) is 12.8 Å². The van der Waals surface area contributed by atoms with E-state index in [0.717, 1.165) is 10.3 Å². The number of amides is 3. The Hall–Kier alpha value is -2.68. The number of likely N-dealkylation sites (tertiary alicyclic amines) is 1. The summed E-state index contributed by atoms with van der Waals surface area (Å²) in [6, 6.07) is 2.53. The van der Waals surface area contributed by atoms with Gasteiger partial charge in [0, 0.05) is 12.7 Å². The number of carbonyl (C=O) groups is 3. The molecule has 2 rings (SSSR count). The van der Waals surface area contributed by atoms with Crippen LogP contribution in [0.5, 0.6) is 0 Å². The first-order chi connectivity index (χ1) is 13.7. The molecular weight excluding hydrogens is 376 g/mol. The van der Waals surface area contributed by atoms with E-state index < -0.39 is 17.9 Å². The topological polar surface area (TPSA) is 115 Å². The lowest BCUT2D eigenvalue weighted by Crippen LogP contribution is -2.45.